The van der Waals surface area contributed by atoms with E-state index in [-0.39, 0.29) is 11.4 Å². The average Bonchev–Trinajstić information content (AvgIpc) is 2.25. The second-order valence-corrected chi connectivity index (χ2v) is 6.02. The van der Waals surface area contributed by atoms with Crippen molar-refractivity contribution in [3.05, 3.63) is 41.1 Å². The number of hydrogen-bond donors (Lipinski definition) is 1. The number of amides is 1. The predicted octanol–water partition coefficient (Wildman–Crippen LogP) is 3.38. The van der Waals surface area contributed by atoms with Gasteiger partial charge in [0.05, 0.1) is 5.52 Å². The number of carbonyl (C=O) groups is 1. The number of aromatic nitrogens is 1. The lowest BCUT2D eigenvalue weighted by Crippen LogP contribution is -2.40. The van der Waals surface area contributed by atoms with Crippen molar-refractivity contribution >= 4 is 16.8 Å². The van der Waals surface area contributed by atoms with Crippen molar-refractivity contribution in [3.63, 3.8) is 0 Å². The summed E-state index contributed by atoms with van der Waals surface area (Å²) in [5, 5.41) is 4.01. The van der Waals surface area contributed by atoms with Gasteiger partial charge in [-0.25, -0.2) is 0 Å². The van der Waals surface area contributed by atoms with Crippen LogP contribution in [0.3, 0.4) is 0 Å². The molecule has 3 nitrogen and oxygen atoms in total. The molecule has 0 fully saturated rings. The van der Waals surface area contributed by atoms with E-state index < -0.39 is 0 Å². The van der Waals surface area contributed by atoms with Gasteiger partial charge < -0.3 is 5.32 Å². The van der Waals surface area contributed by atoms with Crippen LogP contribution < -0.4 is 5.32 Å². The molecule has 0 atom stereocenters. The van der Waals surface area contributed by atoms with Gasteiger partial charge in [0.2, 0.25) is 0 Å². The average molecular weight is 256 g/mol. The van der Waals surface area contributed by atoms with Crippen LogP contribution >= 0.6 is 0 Å². The van der Waals surface area contributed by atoms with Crippen LogP contribution in [0.4, 0.5) is 0 Å². The Kier molecular flexibility index (Phi) is 3.31. The molecule has 0 aliphatic heterocycles. The van der Waals surface area contributed by atoms with Gasteiger partial charge >= 0.3 is 0 Å². The normalized spacial score (nSPS) is 11.6. The van der Waals surface area contributed by atoms with E-state index in [0.717, 1.165) is 22.2 Å². The monoisotopic (exact) mass is 256 g/mol. The molecule has 1 N–H and O–H groups in total. The predicted molar refractivity (Wildman–Crippen MR) is 78.4 cm³/mol. The highest BCUT2D eigenvalue weighted by molar-refractivity contribution is 5.98. The van der Waals surface area contributed by atoms with Gasteiger partial charge in [0.15, 0.2) is 0 Å². The molecule has 1 aromatic heterocycles. The molecule has 1 heterocycles. The molecule has 0 aliphatic carbocycles. The number of benzene rings is 1. The Morgan fingerprint density at radius 1 is 1.16 bits per heavy atom. The van der Waals surface area contributed by atoms with Gasteiger partial charge in [0.1, 0.15) is 0 Å². The van der Waals surface area contributed by atoms with Crippen LogP contribution in [0.15, 0.2) is 24.3 Å². The summed E-state index contributed by atoms with van der Waals surface area (Å²) < 4.78 is 0. The molecular weight excluding hydrogens is 236 g/mol. The first kappa shape index (κ1) is 13.5. The number of carbonyl (C=O) groups excluding carboxylic acids is 1. The number of pyridine rings is 1. The van der Waals surface area contributed by atoms with Crippen molar-refractivity contribution in [3.8, 4) is 0 Å². The Morgan fingerprint density at radius 3 is 2.47 bits per heavy atom. The minimum absolute atomic E-state index is 0.0469. The summed E-state index contributed by atoms with van der Waals surface area (Å²) >= 11 is 0. The van der Waals surface area contributed by atoms with Crippen molar-refractivity contribution in [1.82, 2.24) is 10.3 Å². The summed E-state index contributed by atoms with van der Waals surface area (Å²) in [6.45, 7) is 9.95. The molecule has 1 amide bonds. The topological polar surface area (TPSA) is 42.0 Å². The third-order valence-corrected chi connectivity index (χ3v) is 2.89. The molecular formula is C16H20N2O. The summed E-state index contributed by atoms with van der Waals surface area (Å²) in [6, 6.07) is 7.69. The summed E-state index contributed by atoms with van der Waals surface area (Å²) in [4.78, 5) is 16.6. The Bertz CT molecular complexity index is 639. The summed E-state index contributed by atoms with van der Waals surface area (Å²) in [5.41, 5.74) is 3.53. The molecule has 19 heavy (non-hydrogen) atoms. The minimum atomic E-state index is -0.230. The zero-order chi connectivity index (χ0) is 14.2. The van der Waals surface area contributed by atoms with E-state index in [1.165, 1.54) is 0 Å². The van der Waals surface area contributed by atoms with E-state index in [1.54, 1.807) is 0 Å². The quantitative estimate of drug-likeness (QED) is 0.850. The third kappa shape index (κ3) is 3.11. The van der Waals surface area contributed by atoms with Crippen LogP contribution in [-0.4, -0.2) is 16.4 Å². The highest BCUT2D eigenvalue weighted by atomic mass is 16.1. The number of fused-ring (bicyclic) bond motifs is 1. The molecule has 0 saturated carbocycles. The molecule has 3 heteroatoms. The van der Waals surface area contributed by atoms with E-state index in [4.69, 9.17) is 0 Å². The van der Waals surface area contributed by atoms with Crippen molar-refractivity contribution in [1.29, 1.82) is 0 Å². The molecule has 0 bridgehead atoms. The first-order valence-corrected chi connectivity index (χ1v) is 6.47. The van der Waals surface area contributed by atoms with Crippen LogP contribution in [0.1, 0.15) is 42.4 Å². The maximum absolute atomic E-state index is 12.2. The van der Waals surface area contributed by atoms with Crippen LogP contribution in [0.2, 0.25) is 0 Å². The minimum Gasteiger partial charge on any atom is -0.347 e. The molecule has 0 spiro atoms. The van der Waals surface area contributed by atoms with Gasteiger partial charge in [0.25, 0.3) is 5.91 Å². The SMILES string of the molecule is Cc1cc(C)c2cc(C(=O)NC(C)(C)C)ccc2n1. The van der Waals surface area contributed by atoms with Crippen molar-refractivity contribution in [2.45, 2.75) is 40.2 Å². The maximum Gasteiger partial charge on any atom is 0.251 e. The number of hydrogen-bond acceptors (Lipinski definition) is 2. The number of aryl methyl sites for hydroxylation is 2. The van der Waals surface area contributed by atoms with Crippen LogP contribution in [-0.2, 0) is 0 Å². The maximum atomic E-state index is 12.2. The lowest BCUT2D eigenvalue weighted by atomic mass is 10.0. The van der Waals surface area contributed by atoms with Gasteiger partial charge in [-0.15, -0.1) is 0 Å². The molecule has 0 aliphatic rings. The molecule has 0 unspecified atom stereocenters. The zero-order valence-corrected chi connectivity index (χ0v) is 12.2. The fourth-order valence-electron chi connectivity index (χ4n) is 2.12. The number of rotatable bonds is 1. The summed E-state index contributed by atoms with van der Waals surface area (Å²) in [5.74, 6) is -0.0469. The summed E-state index contributed by atoms with van der Waals surface area (Å²) in [7, 11) is 0. The highest BCUT2D eigenvalue weighted by Gasteiger charge is 2.15. The lowest BCUT2D eigenvalue weighted by molar-refractivity contribution is 0.0919. The first-order chi connectivity index (χ1) is 8.76. The van der Waals surface area contributed by atoms with Crippen LogP contribution in [0, 0.1) is 13.8 Å². The van der Waals surface area contributed by atoms with E-state index in [9.17, 15) is 4.79 Å². The van der Waals surface area contributed by atoms with E-state index in [1.807, 2.05) is 58.9 Å². The van der Waals surface area contributed by atoms with Crippen LogP contribution in [0.5, 0.6) is 0 Å². The molecule has 2 rings (SSSR count). The molecule has 1 aromatic carbocycles. The van der Waals surface area contributed by atoms with Gasteiger partial charge in [-0.05, 0) is 64.4 Å². The number of nitrogens with zero attached hydrogens (tertiary/aromatic N) is 1. The number of nitrogens with one attached hydrogen (secondary N) is 1. The zero-order valence-electron chi connectivity index (χ0n) is 12.2. The van der Waals surface area contributed by atoms with E-state index in [2.05, 4.69) is 10.3 Å². The van der Waals surface area contributed by atoms with Gasteiger partial charge in [-0.2, -0.15) is 0 Å². The Balaban J connectivity index is 2.45. The smallest absolute Gasteiger partial charge is 0.251 e. The van der Waals surface area contributed by atoms with E-state index >= 15 is 0 Å². The van der Waals surface area contributed by atoms with Crippen molar-refractivity contribution in [2.75, 3.05) is 0 Å². The highest BCUT2D eigenvalue weighted by Crippen LogP contribution is 2.19. The Hall–Kier alpha value is -1.90. The third-order valence-electron chi connectivity index (χ3n) is 2.89. The fourth-order valence-corrected chi connectivity index (χ4v) is 2.12. The Labute approximate surface area is 114 Å². The van der Waals surface area contributed by atoms with Crippen molar-refractivity contribution in [2.24, 2.45) is 0 Å². The largest absolute Gasteiger partial charge is 0.347 e. The molecule has 0 radical (unpaired) electrons. The summed E-state index contributed by atoms with van der Waals surface area (Å²) in [6.07, 6.45) is 0. The van der Waals surface area contributed by atoms with Gasteiger partial charge in [-0.3, -0.25) is 9.78 Å². The Morgan fingerprint density at radius 2 is 1.84 bits per heavy atom. The van der Waals surface area contributed by atoms with Gasteiger partial charge in [-0.1, -0.05) is 0 Å². The molecule has 0 saturated heterocycles. The fraction of sp³-hybridized carbons (Fsp3) is 0.375. The first-order valence-electron chi connectivity index (χ1n) is 6.47. The van der Waals surface area contributed by atoms with E-state index in [0.29, 0.717) is 5.56 Å². The second kappa shape index (κ2) is 4.65. The lowest BCUT2D eigenvalue weighted by Gasteiger charge is -2.20. The van der Waals surface area contributed by atoms with Gasteiger partial charge in [0, 0.05) is 22.2 Å². The molecule has 100 valence electrons. The standard InChI is InChI=1S/C16H20N2O/c1-10-8-11(2)17-14-7-6-12(9-13(10)14)15(19)18-16(3,4)5/h6-9H,1-5H3,(H,18,19). The van der Waals surface area contributed by atoms with Crippen molar-refractivity contribution < 1.29 is 4.79 Å². The molecule has 2 aromatic rings. The second-order valence-electron chi connectivity index (χ2n) is 6.02. The van der Waals surface area contributed by atoms with Crippen LogP contribution in [0.25, 0.3) is 10.9 Å².